The van der Waals surface area contributed by atoms with Crippen molar-refractivity contribution in [3.8, 4) is 5.88 Å². The first-order valence-corrected chi connectivity index (χ1v) is 5.94. The Hall–Kier alpha value is -1.56. The summed E-state index contributed by atoms with van der Waals surface area (Å²) in [7, 11) is 3.28. The first-order chi connectivity index (χ1) is 8.50. The van der Waals surface area contributed by atoms with Crippen LogP contribution in [0.3, 0.4) is 0 Å². The fourth-order valence-corrected chi connectivity index (χ4v) is 2.35. The molecule has 0 amide bonds. The van der Waals surface area contributed by atoms with E-state index in [9.17, 15) is 0 Å². The lowest BCUT2D eigenvalue weighted by Crippen LogP contribution is -2.57. The van der Waals surface area contributed by atoms with Crippen LogP contribution in [0.4, 0.5) is 11.5 Å². The third-order valence-corrected chi connectivity index (χ3v) is 3.81. The predicted octanol–water partition coefficient (Wildman–Crippen LogP) is 1.29. The quantitative estimate of drug-likeness (QED) is 0.840. The minimum atomic E-state index is 0.0549. The molecule has 1 heterocycles. The lowest BCUT2D eigenvalue weighted by atomic mass is 9.64. The van der Waals surface area contributed by atoms with Crippen molar-refractivity contribution in [2.45, 2.75) is 32.4 Å². The van der Waals surface area contributed by atoms with Crippen molar-refractivity contribution in [1.29, 1.82) is 0 Å². The van der Waals surface area contributed by atoms with Crippen LogP contribution >= 0.6 is 0 Å². The molecule has 100 valence electrons. The number of methoxy groups -OCH3 is 2. The topological polar surface area (TPSA) is 82.3 Å². The summed E-state index contributed by atoms with van der Waals surface area (Å²) in [5, 5.41) is 3.34. The minimum Gasteiger partial charge on any atom is -0.479 e. The van der Waals surface area contributed by atoms with Crippen molar-refractivity contribution >= 4 is 11.5 Å². The second kappa shape index (κ2) is 4.61. The van der Waals surface area contributed by atoms with Gasteiger partial charge in [-0.05, 0) is 6.42 Å². The molecule has 6 heteroatoms. The highest BCUT2D eigenvalue weighted by Gasteiger charge is 2.48. The number of hydrogen-bond acceptors (Lipinski definition) is 6. The highest BCUT2D eigenvalue weighted by Crippen LogP contribution is 2.44. The number of anilines is 2. The van der Waals surface area contributed by atoms with Gasteiger partial charge in [0.2, 0.25) is 5.88 Å². The molecule has 1 aromatic rings. The van der Waals surface area contributed by atoms with Crippen LogP contribution in [0.25, 0.3) is 0 Å². The molecule has 2 rings (SSSR count). The van der Waals surface area contributed by atoms with Crippen LogP contribution in [0.2, 0.25) is 0 Å². The number of nitrogens with one attached hydrogen (secondary N) is 1. The first-order valence-electron chi connectivity index (χ1n) is 5.94. The molecule has 0 radical (unpaired) electrons. The SMILES string of the molecule is COc1ncnc(NC2CC(OC)C2(C)C)c1N. The van der Waals surface area contributed by atoms with Crippen LogP contribution in [0.15, 0.2) is 6.33 Å². The summed E-state index contributed by atoms with van der Waals surface area (Å²) >= 11 is 0. The molecule has 3 N–H and O–H groups in total. The second-order valence-corrected chi connectivity index (χ2v) is 5.12. The highest BCUT2D eigenvalue weighted by molar-refractivity contribution is 5.67. The summed E-state index contributed by atoms with van der Waals surface area (Å²) in [6.07, 6.45) is 2.65. The zero-order valence-electron chi connectivity index (χ0n) is 11.2. The van der Waals surface area contributed by atoms with E-state index in [0.29, 0.717) is 17.4 Å². The third-order valence-electron chi connectivity index (χ3n) is 3.81. The number of ether oxygens (including phenoxy) is 2. The van der Waals surface area contributed by atoms with Crippen LogP contribution < -0.4 is 15.8 Å². The molecule has 1 aliphatic rings. The molecule has 18 heavy (non-hydrogen) atoms. The van der Waals surface area contributed by atoms with Crippen molar-refractivity contribution in [3.05, 3.63) is 6.33 Å². The van der Waals surface area contributed by atoms with Gasteiger partial charge in [-0.1, -0.05) is 13.8 Å². The molecule has 2 atom stereocenters. The fourth-order valence-electron chi connectivity index (χ4n) is 2.35. The number of hydrogen-bond donors (Lipinski definition) is 2. The van der Waals surface area contributed by atoms with E-state index >= 15 is 0 Å². The number of nitrogens with zero attached hydrogens (tertiary/aromatic N) is 2. The lowest BCUT2D eigenvalue weighted by molar-refractivity contribution is -0.0795. The van der Waals surface area contributed by atoms with Crippen molar-refractivity contribution in [1.82, 2.24) is 9.97 Å². The lowest BCUT2D eigenvalue weighted by Gasteiger charge is -2.51. The summed E-state index contributed by atoms with van der Waals surface area (Å²) in [6, 6.07) is 0.282. The summed E-state index contributed by atoms with van der Waals surface area (Å²) in [6.45, 7) is 4.33. The Morgan fingerprint density at radius 2 is 2.11 bits per heavy atom. The Morgan fingerprint density at radius 1 is 1.39 bits per heavy atom. The molecule has 1 saturated carbocycles. The maximum absolute atomic E-state index is 5.93. The van der Waals surface area contributed by atoms with E-state index in [2.05, 4.69) is 29.1 Å². The fraction of sp³-hybridized carbons (Fsp3) is 0.667. The van der Waals surface area contributed by atoms with Gasteiger partial charge in [0.1, 0.15) is 12.0 Å². The van der Waals surface area contributed by atoms with E-state index in [-0.39, 0.29) is 17.6 Å². The molecular formula is C12H20N4O2. The van der Waals surface area contributed by atoms with Crippen LogP contribution in [0.5, 0.6) is 5.88 Å². The van der Waals surface area contributed by atoms with Gasteiger partial charge in [0.25, 0.3) is 0 Å². The summed E-state index contributed by atoms with van der Waals surface area (Å²) in [5.74, 6) is 1.02. The molecule has 6 nitrogen and oxygen atoms in total. The molecule has 0 aromatic carbocycles. The van der Waals surface area contributed by atoms with Gasteiger partial charge in [0, 0.05) is 18.6 Å². The van der Waals surface area contributed by atoms with Crippen molar-refractivity contribution in [2.75, 3.05) is 25.3 Å². The Balaban J connectivity index is 2.12. The van der Waals surface area contributed by atoms with Crippen LogP contribution in [0, 0.1) is 5.41 Å². The second-order valence-electron chi connectivity index (χ2n) is 5.12. The Labute approximate surface area is 107 Å². The number of rotatable bonds is 4. The van der Waals surface area contributed by atoms with Gasteiger partial charge in [-0.15, -0.1) is 0 Å². The number of nitrogen functional groups attached to an aromatic ring is 1. The summed E-state index contributed by atoms with van der Waals surface area (Å²) in [4.78, 5) is 8.11. The maximum atomic E-state index is 5.93. The van der Waals surface area contributed by atoms with Gasteiger partial charge in [-0.3, -0.25) is 0 Å². The predicted molar refractivity (Wildman–Crippen MR) is 69.6 cm³/mol. The average Bonchev–Trinajstić information content (AvgIpc) is 2.35. The third kappa shape index (κ3) is 1.96. The van der Waals surface area contributed by atoms with Gasteiger partial charge < -0.3 is 20.5 Å². The van der Waals surface area contributed by atoms with Crippen LogP contribution in [0.1, 0.15) is 20.3 Å². The Morgan fingerprint density at radius 3 is 2.67 bits per heavy atom. The molecular weight excluding hydrogens is 232 g/mol. The van der Waals surface area contributed by atoms with Crippen LogP contribution in [-0.2, 0) is 4.74 Å². The summed E-state index contributed by atoms with van der Waals surface area (Å²) in [5.41, 5.74) is 6.43. The zero-order chi connectivity index (χ0) is 13.3. The average molecular weight is 252 g/mol. The maximum Gasteiger partial charge on any atom is 0.242 e. The number of nitrogens with two attached hydrogens (primary N) is 1. The monoisotopic (exact) mass is 252 g/mol. The zero-order valence-corrected chi connectivity index (χ0v) is 11.2. The van der Waals surface area contributed by atoms with Crippen molar-refractivity contribution in [2.24, 2.45) is 5.41 Å². The molecule has 0 bridgehead atoms. The molecule has 1 aliphatic carbocycles. The minimum absolute atomic E-state index is 0.0549. The molecule has 0 spiro atoms. The van der Waals surface area contributed by atoms with Gasteiger partial charge in [-0.2, -0.15) is 4.98 Å². The van der Waals surface area contributed by atoms with E-state index in [0.717, 1.165) is 6.42 Å². The van der Waals surface area contributed by atoms with E-state index in [4.69, 9.17) is 15.2 Å². The van der Waals surface area contributed by atoms with Crippen molar-refractivity contribution < 1.29 is 9.47 Å². The first kappa shape index (κ1) is 12.9. The van der Waals surface area contributed by atoms with Gasteiger partial charge in [0.15, 0.2) is 5.82 Å². The van der Waals surface area contributed by atoms with E-state index in [1.165, 1.54) is 13.4 Å². The van der Waals surface area contributed by atoms with E-state index in [1.807, 2.05) is 0 Å². The molecule has 0 aliphatic heterocycles. The number of aromatic nitrogens is 2. The van der Waals surface area contributed by atoms with Gasteiger partial charge >= 0.3 is 0 Å². The highest BCUT2D eigenvalue weighted by atomic mass is 16.5. The van der Waals surface area contributed by atoms with E-state index in [1.54, 1.807) is 7.11 Å². The Kier molecular flexibility index (Phi) is 3.30. The molecule has 2 unspecified atom stereocenters. The summed E-state index contributed by atoms with van der Waals surface area (Å²) < 4.78 is 10.5. The normalized spacial score (nSPS) is 25.3. The standard InChI is InChI=1S/C12H20N4O2/c1-12(2)7(5-8(12)17-3)16-10-9(13)11(18-4)15-6-14-10/h6-8H,5,13H2,1-4H3,(H,14,15,16). The molecule has 0 saturated heterocycles. The Bertz CT molecular complexity index is 436. The molecule has 1 aromatic heterocycles. The van der Waals surface area contributed by atoms with E-state index < -0.39 is 0 Å². The van der Waals surface area contributed by atoms with Crippen LogP contribution in [-0.4, -0.2) is 36.3 Å². The smallest absolute Gasteiger partial charge is 0.242 e. The van der Waals surface area contributed by atoms with Gasteiger partial charge in [0.05, 0.1) is 13.2 Å². The van der Waals surface area contributed by atoms with Gasteiger partial charge in [-0.25, -0.2) is 4.98 Å². The van der Waals surface area contributed by atoms with Crippen molar-refractivity contribution in [3.63, 3.8) is 0 Å². The molecule has 1 fully saturated rings. The largest absolute Gasteiger partial charge is 0.479 e.